The highest BCUT2D eigenvalue weighted by atomic mass is 31.2. The molecule has 1 saturated heterocycles. The second kappa shape index (κ2) is 23.6. The third-order valence-electron chi connectivity index (χ3n) is 10.7. The molecule has 1 aliphatic heterocycles. The number of hydrogen-bond donors (Lipinski definition) is 0. The Balaban J connectivity index is 1.34. The van der Waals surface area contributed by atoms with Crippen molar-refractivity contribution in [2.45, 2.75) is 70.0 Å². The van der Waals surface area contributed by atoms with Crippen LogP contribution in [0.4, 0.5) is 0 Å². The van der Waals surface area contributed by atoms with E-state index in [0.29, 0.717) is 13.2 Å². The molecule has 0 N–H and O–H groups in total. The zero-order valence-electron chi connectivity index (χ0n) is 36.3. The smallest absolute Gasteiger partial charge is 0.335 e. The van der Waals surface area contributed by atoms with Gasteiger partial charge in [-0.3, -0.25) is 4.52 Å². The van der Waals surface area contributed by atoms with E-state index < -0.39 is 44.9 Å². The van der Waals surface area contributed by atoms with Crippen LogP contribution in [0.15, 0.2) is 170 Å². The normalized spacial score (nSPS) is 18.9. The largest absolute Gasteiger partial charge is 0.497 e. The molecule has 11 heteroatoms. The fraction of sp³-hybridized carbons (Fsp3) is 0.308. The van der Waals surface area contributed by atoms with Crippen molar-refractivity contribution >= 4 is 8.60 Å². The van der Waals surface area contributed by atoms with Gasteiger partial charge in [0.1, 0.15) is 41.5 Å². The molecule has 63 heavy (non-hydrogen) atoms. The Bertz CT molecular complexity index is 2130. The van der Waals surface area contributed by atoms with Crippen molar-refractivity contribution in [3.63, 3.8) is 0 Å². The first-order chi connectivity index (χ1) is 31.0. The molecular formula is C52H57O10P. The summed E-state index contributed by atoms with van der Waals surface area (Å²) in [5, 5.41) is 0. The van der Waals surface area contributed by atoms with Crippen LogP contribution in [0.3, 0.4) is 0 Å². The molecule has 1 aliphatic rings. The molecule has 1 fully saturated rings. The van der Waals surface area contributed by atoms with Crippen molar-refractivity contribution in [2.24, 2.45) is 0 Å². The van der Waals surface area contributed by atoms with E-state index in [9.17, 15) is 0 Å². The van der Waals surface area contributed by atoms with Crippen LogP contribution >= 0.6 is 8.60 Å². The van der Waals surface area contributed by atoms with Gasteiger partial charge in [0.15, 0.2) is 6.29 Å². The molecule has 7 rings (SSSR count). The van der Waals surface area contributed by atoms with Gasteiger partial charge < -0.3 is 42.2 Å². The monoisotopic (exact) mass is 872 g/mol. The second-order valence-electron chi connectivity index (χ2n) is 14.8. The summed E-state index contributed by atoms with van der Waals surface area (Å²) < 4.78 is 65.4. The molecule has 1 unspecified atom stereocenters. The molecule has 1 heterocycles. The molecule has 0 radical (unpaired) electrons. The molecule has 0 bridgehead atoms. The lowest BCUT2D eigenvalue weighted by Gasteiger charge is -2.47. The van der Waals surface area contributed by atoms with Crippen molar-refractivity contribution < 1.29 is 46.7 Å². The van der Waals surface area contributed by atoms with Gasteiger partial charge in [0.05, 0.1) is 53.9 Å². The van der Waals surface area contributed by atoms with Gasteiger partial charge in [-0.2, -0.15) is 0 Å². The van der Waals surface area contributed by atoms with E-state index in [4.69, 9.17) is 46.7 Å². The van der Waals surface area contributed by atoms with Gasteiger partial charge in [-0.1, -0.05) is 146 Å². The Hall–Kier alpha value is -4.97. The number of hydrogen-bond acceptors (Lipinski definition) is 10. The summed E-state index contributed by atoms with van der Waals surface area (Å²) in [4.78, 5) is 0. The first-order valence-corrected chi connectivity index (χ1v) is 22.5. The molecule has 5 atom stereocenters. The average Bonchev–Trinajstić information content (AvgIpc) is 3.34. The molecule has 0 aromatic heterocycles. The zero-order chi connectivity index (χ0) is 43.7. The molecule has 6 aromatic carbocycles. The van der Waals surface area contributed by atoms with Gasteiger partial charge >= 0.3 is 8.60 Å². The topological polar surface area (TPSA) is 92.3 Å². The van der Waals surface area contributed by atoms with Crippen LogP contribution in [0.2, 0.25) is 0 Å². The fourth-order valence-electron chi connectivity index (χ4n) is 7.64. The molecule has 0 spiro atoms. The van der Waals surface area contributed by atoms with Crippen molar-refractivity contribution in [3.05, 3.63) is 203 Å². The van der Waals surface area contributed by atoms with Gasteiger partial charge in [-0.25, -0.2) is 0 Å². The van der Waals surface area contributed by atoms with E-state index >= 15 is 0 Å². The molecule has 0 saturated carbocycles. The molecule has 6 aromatic rings. The summed E-state index contributed by atoms with van der Waals surface area (Å²) >= 11 is 0. The Morgan fingerprint density at radius 2 is 0.873 bits per heavy atom. The van der Waals surface area contributed by atoms with E-state index in [1.807, 2.05) is 172 Å². The summed E-state index contributed by atoms with van der Waals surface area (Å²) in [7, 11) is 1.47. The van der Waals surface area contributed by atoms with Gasteiger partial charge in [0.25, 0.3) is 0 Å². The van der Waals surface area contributed by atoms with Crippen LogP contribution < -0.4 is 9.47 Å². The van der Waals surface area contributed by atoms with E-state index in [1.54, 1.807) is 14.2 Å². The Kier molecular flexibility index (Phi) is 17.3. The summed E-state index contributed by atoms with van der Waals surface area (Å²) in [6.07, 6.45) is -4.02. The van der Waals surface area contributed by atoms with E-state index in [2.05, 4.69) is 12.1 Å². The molecule has 0 aliphatic carbocycles. The third-order valence-corrected chi connectivity index (χ3v) is 12.1. The van der Waals surface area contributed by atoms with Crippen molar-refractivity contribution in [1.82, 2.24) is 0 Å². The van der Waals surface area contributed by atoms with E-state index in [0.717, 1.165) is 44.9 Å². The van der Waals surface area contributed by atoms with E-state index in [1.165, 1.54) is 0 Å². The fourth-order valence-corrected chi connectivity index (χ4v) is 8.60. The molecule has 0 amide bonds. The van der Waals surface area contributed by atoms with Crippen LogP contribution in [0, 0.1) is 0 Å². The summed E-state index contributed by atoms with van der Waals surface area (Å²) in [6, 6.07) is 56.2. The summed E-state index contributed by atoms with van der Waals surface area (Å²) in [5.41, 5.74) is 4.48. The average molecular weight is 873 g/mol. The van der Waals surface area contributed by atoms with Gasteiger partial charge in [-0.05, 0) is 71.5 Å². The highest BCUT2D eigenvalue weighted by Crippen LogP contribution is 2.46. The van der Waals surface area contributed by atoms with Crippen molar-refractivity contribution in [2.75, 3.05) is 34.0 Å². The number of ether oxygens (including phenoxy) is 7. The first kappa shape index (κ1) is 46.0. The molecular weight excluding hydrogens is 816 g/mol. The van der Waals surface area contributed by atoms with Crippen molar-refractivity contribution in [3.8, 4) is 11.5 Å². The number of benzene rings is 6. The van der Waals surface area contributed by atoms with E-state index in [-0.39, 0.29) is 26.4 Å². The Morgan fingerprint density at radius 3 is 1.30 bits per heavy atom. The second-order valence-corrected chi connectivity index (χ2v) is 16.0. The van der Waals surface area contributed by atoms with Gasteiger partial charge in [0, 0.05) is 0 Å². The molecule has 330 valence electrons. The van der Waals surface area contributed by atoms with Gasteiger partial charge in [0.2, 0.25) is 0 Å². The predicted octanol–water partition coefficient (Wildman–Crippen LogP) is 10.8. The summed E-state index contributed by atoms with van der Waals surface area (Å²) in [5.74, 6) is 1.45. The SMILES string of the molecule is CCOP(OCC)OC1O[C@H](COC(c2ccccc2)(c2ccc(OC)cc2)c2ccc(OC)cc2)[C@@H](OCc2ccccc2)[C@H](OCc2ccccc2)[C@@H]1OCc1ccccc1. The lowest BCUT2D eigenvalue weighted by molar-refractivity contribution is -0.313. The minimum atomic E-state index is -1.84. The van der Waals surface area contributed by atoms with Crippen LogP contribution in [0.25, 0.3) is 0 Å². The maximum Gasteiger partial charge on any atom is 0.335 e. The van der Waals surface area contributed by atoms with Crippen LogP contribution in [0.5, 0.6) is 11.5 Å². The van der Waals surface area contributed by atoms with Crippen LogP contribution in [-0.4, -0.2) is 64.7 Å². The van der Waals surface area contributed by atoms with Crippen LogP contribution in [-0.2, 0) is 62.7 Å². The zero-order valence-corrected chi connectivity index (χ0v) is 37.2. The highest BCUT2D eigenvalue weighted by Gasteiger charge is 2.51. The van der Waals surface area contributed by atoms with Crippen molar-refractivity contribution in [1.29, 1.82) is 0 Å². The lowest BCUT2D eigenvalue weighted by Crippen LogP contribution is -2.62. The number of rotatable bonds is 23. The van der Waals surface area contributed by atoms with Crippen LogP contribution in [0.1, 0.15) is 47.2 Å². The highest BCUT2D eigenvalue weighted by molar-refractivity contribution is 7.41. The third kappa shape index (κ3) is 12.0. The Morgan fingerprint density at radius 1 is 0.476 bits per heavy atom. The maximum atomic E-state index is 7.48. The maximum absolute atomic E-state index is 7.48. The first-order valence-electron chi connectivity index (χ1n) is 21.4. The van der Waals surface area contributed by atoms with Gasteiger partial charge in [-0.15, -0.1) is 0 Å². The molecule has 10 nitrogen and oxygen atoms in total. The minimum Gasteiger partial charge on any atom is -0.497 e. The summed E-state index contributed by atoms with van der Waals surface area (Å²) in [6.45, 7) is 5.41. The lowest BCUT2D eigenvalue weighted by atomic mass is 9.80. The minimum absolute atomic E-state index is 0.0318. The number of methoxy groups -OCH3 is 2. The Labute approximate surface area is 372 Å². The standard InChI is InChI=1S/C52H57O10P/c1-5-59-63(60-6-2)62-51-50(57-37-41-23-15-9-16-24-41)49(56-36-40-21-13-8-14-22-40)48(55-35-39-19-11-7-12-20-39)47(61-51)38-58-52(42-25-17-10-18-26-42,43-27-31-45(53-3)32-28-43)44-29-33-46(54-4)34-30-44/h7-34,47-51H,5-6,35-38H2,1-4H3/t47-,48-,49+,50+,51?/m1/s1. The quantitative estimate of drug-likeness (QED) is 0.0458. The predicted molar refractivity (Wildman–Crippen MR) is 243 cm³/mol.